The summed E-state index contributed by atoms with van der Waals surface area (Å²) in [6.07, 6.45) is 1.56. The molecule has 1 N–H and O–H groups in total. The van der Waals surface area contributed by atoms with Crippen molar-refractivity contribution in [3.8, 4) is 5.88 Å². The molecule has 7 heteroatoms. The van der Waals surface area contributed by atoms with Crippen molar-refractivity contribution in [2.45, 2.75) is 12.5 Å². The van der Waals surface area contributed by atoms with Crippen molar-refractivity contribution in [2.24, 2.45) is 7.05 Å². The number of carbonyl (C=O) groups is 1. The number of hydrogen-bond donors (Lipinski definition) is 1. The number of ether oxygens (including phenoxy) is 2. The van der Waals surface area contributed by atoms with E-state index in [4.69, 9.17) is 9.47 Å². The average Bonchev–Trinajstić information content (AvgIpc) is 2.94. The Morgan fingerprint density at radius 3 is 2.70 bits per heavy atom. The van der Waals surface area contributed by atoms with E-state index < -0.39 is 5.60 Å². The number of aryl methyl sites for hydroxylation is 1. The van der Waals surface area contributed by atoms with Gasteiger partial charge in [0, 0.05) is 25.9 Å². The van der Waals surface area contributed by atoms with E-state index in [0.717, 1.165) is 0 Å². The number of methoxy groups -OCH3 is 2. The van der Waals surface area contributed by atoms with Crippen molar-refractivity contribution >= 4 is 5.91 Å². The summed E-state index contributed by atoms with van der Waals surface area (Å²) < 4.78 is 26.0. The first-order chi connectivity index (χ1) is 10.9. The van der Waals surface area contributed by atoms with Gasteiger partial charge in [0.25, 0.3) is 5.91 Å². The Balaban J connectivity index is 2.17. The zero-order chi connectivity index (χ0) is 17.0. The molecule has 1 aromatic carbocycles. The molecule has 1 amide bonds. The van der Waals surface area contributed by atoms with Crippen molar-refractivity contribution in [1.29, 1.82) is 0 Å². The summed E-state index contributed by atoms with van der Waals surface area (Å²) in [4.78, 5) is 12.3. The molecule has 0 fully saturated rings. The SMILES string of the molecule is COc1nn(C)cc1C(=O)NC[C@@](C)(OC)c1ccccc1F. The first kappa shape index (κ1) is 17.0. The Kier molecular flexibility index (Phi) is 5.00. The third-order valence-corrected chi connectivity index (χ3v) is 3.71. The van der Waals surface area contributed by atoms with Gasteiger partial charge in [-0.25, -0.2) is 4.39 Å². The molecular formula is C16H20FN3O3. The summed E-state index contributed by atoms with van der Waals surface area (Å²) in [5.74, 6) is -0.519. The Hall–Kier alpha value is -2.41. The van der Waals surface area contributed by atoms with E-state index in [-0.39, 0.29) is 24.1 Å². The van der Waals surface area contributed by atoms with Crippen LogP contribution >= 0.6 is 0 Å². The number of carbonyl (C=O) groups excluding carboxylic acids is 1. The summed E-state index contributed by atoms with van der Waals surface area (Å²) >= 11 is 0. The van der Waals surface area contributed by atoms with Crippen molar-refractivity contribution in [2.75, 3.05) is 20.8 Å². The second-order valence-electron chi connectivity index (χ2n) is 5.32. The Labute approximate surface area is 134 Å². The minimum absolute atomic E-state index is 0.0985. The van der Waals surface area contributed by atoms with Gasteiger partial charge < -0.3 is 14.8 Å². The van der Waals surface area contributed by atoms with Gasteiger partial charge in [-0.3, -0.25) is 9.48 Å². The molecule has 0 unspecified atom stereocenters. The van der Waals surface area contributed by atoms with Gasteiger partial charge >= 0.3 is 0 Å². The number of hydrogen-bond acceptors (Lipinski definition) is 4. The van der Waals surface area contributed by atoms with Gasteiger partial charge in [-0.1, -0.05) is 18.2 Å². The van der Waals surface area contributed by atoms with Crippen LogP contribution in [0.2, 0.25) is 0 Å². The molecule has 0 aliphatic heterocycles. The molecule has 0 aliphatic rings. The second-order valence-corrected chi connectivity index (χ2v) is 5.32. The molecule has 1 atom stereocenters. The predicted octanol–water partition coefficient (Wildman–Crippen LogP) is 1.86. The second kappa shape index (κ2) is 6.78. The largest absolute Gasteiger partial charge is 0.479 e. The first-order valence-electron chi connectivity index (χ1n) is 7.07. The van der Waals surface area contributed by atoms with Gasteiger partial charge in [0.05, 0.1) is 13.7 Å². The lowest BCUT2D eigenvalue weighted by Crippen LogP contribution is -2.40. The molecule has 0 aliphatic carbocycles. The highest BCUT2D eigenvalue weighted by Gasteiger charge is 2.30. The van der Waals surface area contributed by atoms with Gasteiger partial charge in [0.15, 0.2) is 0 Å². The average molecular weight is 321 g/mol. The lowest BCUT2D eigenvalue weighted by atomic mass is 9.95. The Morgan fingerprint density at radius 2 is 2.09 bits per heavy atom. The van der Waals surface area contributed by atoms with Crippen LogP contribution in [0.4, 0.5) is 4.39 Å². The monoisotopic (exact) mass is 321 g/mol. The van der Waals surface area contributed by atoms with Crippen LogP contribution in [0.15, 0.2) is 30.5 Å². The molecule has 0 spiro atoms. The standard InChI is InChI=1S/C16H20FN3O3/c1-16(23-4,12-7-5-6-8-13(12)17)10-18-14(21)11-9-20(2)19-15(11)22-3/h5-9H,10H2,1-4H3,(H,18,21)/t16-/m1/s1. The zero-order valence-electron chi connectivity index (χ0n) is 13.6. The fourth-order valence-electron chi connectivity index (χ4n) is 2.29. The number of nitrogens with one attached hydrogen (secondary N) is 1. The third-order valence-electron chi connectivity index (χ3n) is 3.71. The summed E-state index contributed by atoms with van der Waals surface area (Å²) in [6, 6.07) is 6.32. The molecule has 0 radical (unpaired) electrons. The van der Waals surface area contributed by atoms with Gasteiger partial charge in [-0.2, -0.15) is 0 Å². The maximum Gasteiger partial charge on any atom is 0.258 e. The minimum atomic E-state index is -0.990. The highest BCUT2D eigenvalue weighted by Crippen LogP contribution is 2.26. The number of halogens is 1. The number of benzene rings is 1. The number of rotatable bonds is 6. The topological polar surface area (TPSA) is 65.4 Å². The van der Waals surface area contributed by atoms with Gasteiger partial charge in [-0.05, 0) is 13.0 Å². The Morgan fingerprint density at radius 1 is 1.39 bits per heavy atom. The minimum Gasteiger partial charge on any atom is -0.479 e. The molecule has 23 heavy (non-hydrogen) atoms. The molecule has 124 valence electrons. The number of aromatic nitrogens is 2. The van der Waals surface area contributed by atoms with E-state index in [1.165, 1.54) is 25.0 Å². The predicted molar refractivity (Wildman–Crippen MR) is 82.9 cm³/mol. The quantitative estimate of drug-likeness (QED) is 0.882. The lowest BCUT2D eigenvalue weighted by molar-refractivity contribution is 0.000366. The highest BCUT2D eigenvalue weighted by atomic mass is 19.1. The Bertz CT molecular complexity index is 702. The molecule has 1 heterocycles. The van der Waals surface area contributed by atoms with Gasteiger partial charge in [0.2, 0.25) is 5.88 Å². The molecule has 6 nitrogen and oxygen atoms in total. The van der Waals surface area contributed by atoms with Crippen LogP contribution in [0.25, 0.3) is 0 Å². The van der Waals surface area contributed by atoms with E-state index in [0.29, 0.717) is 11.1 Å². The van der Waals surface area contributed by atoms with Crippen molar-refractivity contribution in [3.63, 3.8) is 0 Å². The normalized spacial score (nSPS) is 13.4. The van der Waals surface area contributed by atoms with Crippen LogP contribution in [-0.2, 0) is 17.4 Å². The van der Waals surface area contributed by atoms with Crippen molar-refractivity contribution < 1.29 is 18.7 Å². The molecule has 1 aromatic heterocycles. The highest BCUT2D eigenvalue weighted by molar-refractivity contribution is 5.96. The molecule has 2 aromatic rings. The van der Waals surface area contributed by atoms with Gasteiger partial charge in [0.1, 0.15) is 17.0 Å². The van der Waals surface area contributed by atoms with Crippen molar-refractivity contribution in [3.05, 3.63) is 47.4 Å². The van der Waals surface area contributed by atoms with Gasteiger partial charge in [-0.15, -0.1) is 5.10 Å². The molecule has 0 saturated heterocycles. The fraction of sp³-hybridized carbons (Fsp3) is 0.375. The zero-order valence-corrected chi connectivity index (χ0v) is 13.6. The number of nitrogens with zero attached hydrogens (tertiary/aromatic N) is 2. The van der Waals surface area contributed by atoms with Crippen LogP contribution in [0.1, 0.15) is 22.8 Å². The lowest BCUT2D eigenvalue weighted by Gasteiger charge is -2.29. The van der Waals surface area contributed by atoms with E-state index in [1.807, 2.05) is 0 Å². The van der Waals surface area contributed by atoms with E-state index in [9.17, 15) is 9.18 Å². The van der Waals surface area contributed by atoms with E-state index in [2.05, 4.69) is 10.4 Å². The maximum atomic E-state index is 14.0. The molecule has 2 rings (SSSR count). The summed E-state index contributed by atoms with van der Waals surface area (Å²) in [5.41, 5.74) is -0.306. The summed E-state index contributed by atoms with van der Waals surface area (Å²) in [5, 5.41) is 6.77. The van der Waals surface area contributed by atoms with Crippen LogP contribution in [-0.4, -0.2) is 36.5 Å². The maximum absolute atomic E-state index is 14.0. The third kappa shape index (κ3) is 3.50. The summed E-state index contributed by atoms with van der Waals surface area (Å²) in [7, 11) is 4.61. The molecule has 0 bridgehead atoms. The molecular weight excluding hydrogens is 301 g/mol. The van der Waals surface area contributed by atoms with Crippen LogP contribution in [0, 0.1) is 5.82 Å². The van der Waals surface area contributed by atoms with E-state index >= 15 is 0 Å². The fourth-order valence-corrected chi connectivity index (χ4v) is 2.29. The molecule has 0 saturated carbocycles. The summed E-state index contributed by atoms with van der Waals surface area (Å²) in [6.45, 7) is 1.81. The van der Waals surface area contributed by atoms with Crippen LogP contribution in [0.5, 0.6) is 5.88 Å². The first-order valence-corrected chi connectivity index (χ1v) is 7.07. The van der Waals surface area contributed by atoms with Crippen LogP contribution in [0.3, 0.4) is 0 Å². The van der Waals surface area contributed by atoms with Crippen molar-refractivity contribution in [1.82, 2.24) is 15.1 Å². The smallest absolute Gasteiger partial charge is 0.258 e. The van der Waals surface area contributed by atoms with E-state index in [1.54, 1.807) is 38.4 Å². The number of amides is 1. The van der Waals surface area contributed by atoms with Crippen LogP contribution < -0.4 is 10.1 Å².